The molecule has 1 aromatic heterocycles. The van der Waals surface area contributed by atoms with Gasteiger partial charge in [0.05, 0.1) is 0 Å². The molecule has 86 valence electrons. The van der Waals surface area contributed by atoms with Crippen LogP contribution in [-0.2, 0) is 6.42 Å². The maximum absolute atomic E-state index is 4.45. The highest BCUT2D eigenvalue weighted by molar-refractivity contribution is 7.13. The van der Waals surface area contributed by atoms with E-state index in [1.54, 1.807) is 11.3 Å². The van der Waals surface area contributed by atoms with Crippen molar-refractivity contribution in [3.05, 3.63) is 65.2 Å². The predicted octanol–water partition coefficient (Wildman–Crippen LogP) is 4.38. The number of hydrogen-bond donors (Lipinski definition) is 0. The lowest BCUT2D eigenvalue weighted by atomic mass is 10.0. The fourth-order valence-electron chi connectivity index (χ4n) is 2.71. The van der Waals surface area contributed by atoms with E-state index in [4.69, 9.17) is 0 Å². The minimum Gasteiger partial charge on any atom is -0.245 e. The van der Waals surface area contributed by atoms with Crippen LogP contribution in [0.15, 0.2) is 54.0 Å². The van der Waals surface area contributed by atoms with Crippen LogP contribution in [0.4, 0.5) is 0 Å². The molecule has 0 fully saturated rings. The summed E-state index contributed by atoms with van der Waals surface area (Å²) >= 11 is 1.71. The van der Waals surface area contributed by atoms with Gasteiger partial charge in [-0.15, -0.1) is 11.3 Å². The summed E-state index contributed by atoms with van der Waals surface area (Å²) in [5, 5.41) is 3.16. The van der Waals surface area contributed by atoms with Crippen molar-refractivity contribution >= 4 is 11.3 Å². The molecule has 0 saturated carbocycles. The molecule has 0 amide bonds. The SMILES string of the molecule is c1ccc2c(c1)Cc1c(-c3nccs3)cccc1-2. The number of nitrogens with zero attached hydrogens (tertiary/aromatic N) is 1. The topological polar surface area (TPSA) is 12.9 Å². The Hall–Kier alpha value is -1.93. The van der Waals surface area contributed by atoms with Crippen molar-refractivity contribution < 1.29 is 0 Å². The first kappa shape index (κ1) is 10.0. The lowest BCUT2D eigenvalue weighted by Crippen LogP contribution is -1.86. The average Bonchev–Trinajstić information content (AvgIpc) is 3.05. The van der Waals surface area contributed by atoms with E-state index in [0.29, 0.717) is 0 Å². The molecular formula is C16H11NS. The summed E-state index contributed by atoms with van der Waals surface area (Å²) in [7, 11) is 0. The molecule has 1 aliphatic rings. The third-order valence-electron chi connectivity index (χ3n) is 3.51. The van der Waals surface area contributed by atoms with Crippen molar-refractivity contribution in [2.75, 3.05) is 0 Å². The van der Waals surface area contributed by atoms with Gasteiger partial charge in [0.15, 0.2) is 0 Å². The Balaban J connectivity index is 1.97. The van der Waals surface area contributed by atoms with Gasteiger partial charge in [0.25, 0.3) is 0 Å². The van der Waals surface area contributed by atoms with Gasteiger partial charge in [0.2, 0.25) is 0 Å². The van der Waals surface area contributed by atoms with Crippen LogP contribution in [0.5, 0.6) is 0 Å². The van der Waals surface area contributed by atoms with Crippen molar-refractivity contribution in [2.45, 2.75) is 6.42 Å². The normalized spacial score (nSPS) is 12.2. The zero-order chi connectivity index (χ0) is 11.9. The zero-order valence-electron chi connectivity index (χ0n) is 9.76. The second kappa shape index (κ2) is 3.79. The van der Waals surface area contributed by atoms with Gasteiger partial charge in [-0.2, -0.15) is 0 Å². The zero-order valence-corrected chi connectivity index (χ0v) is 10.6. The average molecular weight is 249 g/mol. The molecule has 2 aromatic carbocycles. The van der Waals surface area contributed by atoms with E-state index >= 15 is 0 Å². The van der Waals surface area contributed by atoms with Gasteiger partial charge in [-0.1, -0.05) is 42.5 Å². The quantitative estimate of drug-likeness (QED) is 0.488. The molecule has 0 saturated heterocycles. The molecule has 1 aliphatic carbocycles. The second-order valence-electron chi connectivity index (χ2n) is 4.50. The van der Waals surface area contributed by atoms with Crippen LogP contribution in [0.25, 0.3) is 21.7 Å². The summed E-state index contributed by atoms with van der Waals surface area (Å²) in [6.07, 6.45) is 2.91. The monoisotopic (exact) mass is 249 g/mol. The first-order valence-corrected chi connectivity index (χ1v) is 6.91. The lowest BCUT2D eigenvalue weighted by molar-refractivity contribution is 1.26. The summed E-state index contributed by atoms with van der Waals surface area (Å²) in [5.74, 6) is 0. The van der Waals surface area contributed by atoms with Crippen LogP contribution in [-0.4, -0.2) is 4.98 Å². The Morgan fingerprint density at radius 2 is 1.72 bits per heavy atom. The summed E-state index contributed by atoms with van der Waals surface area (Å²) in [5.41, 5.74) is 6.90. The van der Waals surface area contributed by atoms with Crippen LogP contribution in [0.2, 0.25) is 0 Å². The van der Waals surface area contributed by atoms with Crippen LogP contribution in [0.1, 0.15) is 11.1 Å². The van der Waals surface area contributed by atoms with Gasteiger partial charge in [-0.3, -0.25) is 0 Å². The van der Waals surface area contributed by atoms with Crippen molar-refractivity contribution in [3.63, 3.8) is 0 Å². The van der Waals surface area contributed by atoms with Gasteiger partial charge in [-0.25, -0.2) is 4.98 Å². The van der Waals surface area contributed by atoms with E-state index in [9.17, 15) is 0 Å². The van der Waals surface area contributed by atoms with Crippen LogP contribution in [0, 0.1) is 0 Å². The van der Waals surface area contributed by atoms with Crippen LogP contribution in [0.3, 0.4) is 0 Å². The van der Waals surface area contributed by atoms with E-state index < -0.39 is 0 Å². The van der Waals surface area contributed by atoms with Gasteiger partial charge in [0.1, 0.15) is 5.01 Å². The lowest BCUT2D eigenvalue weighted by Gasteiger charge is -2.05. The van der Waals surface area contributed by atoms with Crippen molar-refractivity contribution in [1.82, 2.24) is 4.98 Å². The number of rotatable bonds is 1. The minimum atomic E-state index is 1.03. The highest BCUT2D eigenvalue weighted by Gasteiger charge is 2.21. The highest BCUT2D eigenvalue weighted by atomic mass is 32.1. The van der Waals surface area contributed by atoms with Gasteiger partial charge >= 0.3 is 0 Å². The van der Waals surface area contributed by atoms with E-state index in [-0.39, 0.29) is 0 Å². The molecular weight excluding hydrogens is 238 g/mol. The van der Waals surface area contributed by atoms with Gasteiger partial charge in [-0.05, 0) is 28.7 Å². The third kappa shape index (κ3) is 1.36. The molecule has 3 aromatic rings. The Labute approximate surface area is 110 Å². The highest BCUT2D eigenvalue weighted by Crippen LogP contribution is 2.41. The summed E-state index contributed by atoms with van der Waals surface area (Å²) < 4.78 is 0. The molecule has 0 spiro atoms. The molecule has 1 nitrogen and oxygen atoms in total. The van der Waals surface area contributed by atoms with Gasteiger partial charge < -0.3 is 0 Å². The van der Waals surface area contributed by atoms with Crippen molar-refractivity contribution in [1.29, 1.82) is 0 Å². The largest absolute Gasteiger partial charge is 0.245 e. The van der Waals surface area contributed by atoms with Gasteiger partial charge in [0, 0.05) is 17.1 Å². The van der Waals surface area contributed by atoms with E-state index in [1.165, 1.54) is 27.8 Å². The molecule has 0 atom stereocenters. The Morgan fingerprint density at radius 3 is 2.61 bits per heavy atom. The van der Waals surface area contributed by atoms with Crippen molar-refractivity contribution in [3.8, 4) is 21.7 Å². The van der Waals surface area contributed by atoms with Crippen LogP contribution < -0.4 is 0 Å². The number of aromatic nitrogens is 1. The molecule has 0 bridgehead atoms. The van der Waals surface area contributed by atoms with E-state index in [2.05, 4.69) is 47.4 Å². The van der Waals surface area contributed by atoms with E-state index in [1.807, 2.05) is 11.6 Å². The molecule has 1 heterocycles. The second-order valence-corrected chi connectivity index (χ2v) is 5.40. The maximum atomic E-state index is 4.45. The number of hydrogen-bond acceptors (Lipinski definition) is 2. The summed E-state index contributed by atoms with van der Waals surface area (Å²) in [4.78, 5) is 4.45. The first-order chi connectivity index (χ1) is 8.93. The Kier molecular flexibility index (Phi) is 2.11. The summed E-state index contributed by atoms with van der Waals surface area (Å²) in [6.45, 7) is 0. The minimum absolute atomic E-state index is 1.03. The molecule has 2 heteroatoms. The molecule has 0 N–H and O–H groups in total. The summed E-state index contributed by atoms with van der Waals surface area (Å²) in [6, 6.07) is 15.2. The maximum Gasteiger partial charge on any atom is 0.123 e. The predicted molar refractivity (Wildman–Crippen MR) is 75.8 cm³/mol. The fraction of sp³-hybridized carbons (Fsp3) is 0.0625. The Bertz CT molecular complexity index is 714. The third-order valence-corrected chi connectivity index (χ3v) is 4.32. The molecule has 0 aliphatic heterocycles. The fourth-order valence-corrected chi connectivity index (χ4v) is 3.40. The van der Waals surface area contributed by atoms with Crippen LogP contribution >= 0.6 is 11.3 Å². The molecule has 18 heavy (non-hydrogen) atoms. The number of thiazole rings is 1. The van der Waals surface area contributed by atoms with Crippen molar-refractivity contribution in [2.24, 2.45) is 0 Å². The molecule has 0 radical (unpaired) electrons. The first-order valence-electron chi connectivity index (χ1n) is 6.03. The molecule has 4 rings (SSSR count). The molecule has 0 unspecified atom stereocenters. The standard InChI is InChI=1S/C16H11NS/c1-2-5-12-11(4-1)10-15-13(12)6-3-7-14(15)16-17-8-9-18-16/h1-9H,10H2. The number of benzene rings is 2. The Morgan fingerprint density at radius 1 is 0.889 bits per heavy atom. The number of fused-ring (bicyclic) bond motifs is 3. The van der Waals surface area contributed by atoms with E-state index in [0.717, 1.165) is 11.4 Å². The smallest absolute Gasteiger partial charge is 0.123 e.